The van der Waals surface area contributed by atoms with Crippen molar-refractivity contribution in [1.82, 2.24) is 4.90 Å². The van der Waals surface area contributed by atoms with Crippen LogP contribution < -0.4 is 5.43 Å². The van der Waals surface area contributed by atoms with Crippen LogP contribution in [-0.4, -0.2) is 24.4 Å². The Labute approximate surface area is 160 Å². The first kappa shape index (κ1) is 19.1. The molecule has 1 amide bonds. The molecule has 0 aliphatic heterocycles. The maximum Gasteiger partial charge on any atom is 0.226 e. The SMILES string of the molecule is CC(C)CN(C)C(=O)Cc1ccc2c(=O)c3c(sc2c1)CC(C)(C)CC3. The van der Waals surface area contributed by atoms with E-state index in [1.165, 1.54) is 4.88 Å². The van der Waals surface area contributed by atoms with E-state index in [9.17, 15) is 9.59 Å². The number of nitrogens with zero attached hydrogens (tertiary/aromatic N) is 1. The van der Waals surface area contributed by atoms with Crippen molar-refractivity contribution in [2.45, 2.75) is 53.4 Å². The Morgan fingerprint density at radius 3 is 2.73 bits per heavy atom. The molecule has 3 rings (SSSR count). The second-order valence-corrected chi connectivity index (χ2v) is 9.99. The van der Waals surface area contributed by atoms with Crippen molar-refractivity contribution in [1.29, 1.82) is 0 Å². The van der Waals surface area contributed by atoms with E-state index in [0.29, 0.717) is 12.3 Å². The maximum absolute atomic E-state index is 12.9. The molecular formula is C22H29NO2S. The molecule has 0 N–H and O–H groups in total. The number of carbonyl (C=O) groups is 1. The predicted molar refractivity (Wildman–Crippen MR) is 110 cm³/mol. The van der Waals surface area contributed by atoms with Gasteiger partial charge in [0.15, 0.2) is 5.43 Å². The van der Waals surface area contributed by atoms with Crippen LogP contribution in [0.2, 0.25) is 0 Å². The molecule has 0 saturated heterocycles. The van der Waals surface area contributed by atoms with E-state index in [4.69, 9.17) is 0 Å². The van der Waals surface area contributed by atoms with Gasteiger partial charge in [0.2, 0.25) is 5.91 Å². The highest BCUT2D eigenvalue weighted by Gasteiger charge is 2.28. The molecule has 2 aromatic rings. The van der Waals surface area contributed by atoms with Gasteiger partial charge in [-0.2, -0.15) is 0 Å². The van der Waals surface area contributed by atoms with Gasteiger partial charge >= 0.3 is 0 Å². The fourth-order valence-electron chi connectivity index (χ4n) is 3.77. The second kappa shape index (κ2) is 7.15. The van der Waals surface area contributed by atoms with Gasteiger partial charge in [0.25, 0.3) is 0 Å². The summed E-state index contributed by atoms with van der Waals surface area (Å²) in [5.41, 5.74) is 2.46. The Bertz CT molecular complexity index is 895. The molecule has 0 spiro atoms. The number of carbonyl (C=O) groups excluding carboxylic acids is 1. The zero-order chi connectivity index (χ0) is 19.1. The second-order valence-electron chi connectivity index (χ2n) is 8.85. The first-order valence-corrected chi connectivity index (χ1v) is 10.3. The quantitative estimate of drug-likeness (QED) is 0.797. The summed E-state index contributed by atoms with van der Waals surface area (Å²) in [5, 5.41) is 0.806. The standard InChI is InChI=1S/C22H29NO2S/c1-14(2)13-23(5)20(24)11-15-6-7-16-18(10-15)26-19-12-22(3,4)9-8-17(19)21(16)25/h6-7,10,14H,8-9,11-13H2,1-5H3. The zero-order valence-corrected chi connectivity index (χ0v) is 17.3. The molecule has 3 nitrogen and oxygen atoms in total. The smallest absolute Gasteiger partial charge is 0.226 e. The van der Waals surface area contributed by atoms with E-state index in [1.54, 1.807) is 16.2 Å². The third kappa shape index (κ3) is 4.01. The molecule has 0 bridgehead atoms. The van der Waals surface area contributed by atoms with Gasteiger partial charge in [0.05, 0.1) is 6.42 Å². The van der Waals surface area contributed by atoms with Crippen LogP contribution in [0, 0.1) is 11.3 Å². The van der Waals surface area contributed by atoms with Crippen LogP contribution in [-0.2, 0) is 24.1 Å². The van der Waals surface area contributed by atoms with Crippen LogP contribution in [0.5, 0.6) is 0 Å². The average molecular weight is 372 g/mol. The van der Waals surface area contributed by atoms with Gasteiger partial charge in [0, 0.05) is 34.1 Å². The van der Waals surface area contributed by atoms with E-state index in [1.807, 2.05) is 25.2 Å². The van der Waals surface area contributed by atoms with Crippen LogP contribution in [0.4, 0.5) is 0 Å². The van der Waals surface area contributed by atoms with Crippen LogP contribution in [0.1, 0.15) is 50.1 Å². The summed E-state index contributed by atoms with van der Waals surface area (Å²) in [6, 6.07) is 5.90. The van der Waals surface area contributed by atoms with Gasteiger partial charge in [-0.15, -0.1) is 11.3 Å². The molecule has 0 saturated carbocycles. The van der Waals surface area contributed by atoms with E-state index in [0.717, 1.165) is 47.0 Å². The molecule has 140 valence electrons. The van der Waals surface area contributed by atoms with Crippen molar-refractivity contribution in [3.8, 4) is 0 Å². The number of fused-ring (bicyclic) bond motifs is 2. The summed E-state index contributed by atoms with van der Waals surface area (Å²) in [6.45, 7) is 9.54. The van der Waals surface area contributed by atoms with Crippen LogP contribution in [0.3, 0.4) is 0 Å². The fraction of sp³-hybridized carbons (Fsp3) is 0.545. The minimum Gasteiger partial charge on any atom is -0.345 e. The van der Waals surface area contributed by atoms with Crippen molar-refractivity contribution in [2.24, 2.45) is 11.3 Å². The Morgan fingerprint density at radius 1 is 1.31 bits per heavy atom. The van der Waals surface area contributed by atoms with E-state index in [2.05, 4.69) is 27.7 Å². The lowest BCUT2D eigenvalue weighted by Crippen LogP contribution is -2.31. The van der Waals surface area contributed by atoms with E-state index >= 15 is 0 Å². The molecule has 0 unspecified atom stereocenters. The molecule has 1 heterocycles. The lowest BCUT2D eigenvalue weighted by atomic mass is 9.77. The normalized spacial score (nSPS) is 15.9. The molecule has 4 heteroatoms. The van der Waals surface area contributed by atoms with Crippen molar-refractivity contribution >= 4 is 27.3 Å². The topological polar surface area (TPSA) is 37.4 Å². The zero-order valence-electron chi connectivity index (χ0n) is 16.5. The minimum absolute atomic E-state index is 0.129. The predicted octanol–water partition coefficient (Wildman–Crippen LogP) is 4.43. The Morgan fingerprint density at radius 2 is 2.04 bits per heavy atom. The number of benzene rings is 1. The van der Waals surface area contributed by atoms with Crippen molar-refractivity contribution in [3.63, 3.8) is 0 Å². The Balaban J connectivity index is 1.91. The third-order valence-electron chi connectivity index (χ3n) is 5.25. The number of hydrogen-bond acceptors (Lipinski definition) is 3. The van der Waals surface area contributed by atoms with Crippen molar-refractivity contribution in [3.05, 3.63) is 44.4 Å². The average Bonchev–Trinajstić information content (AvgIpc) is 2.53. The highest BCUT2D eigenvalue weighted by molar-refractivity contribution is 7.18. The van der Waals surface area contributed by atoms with Crippen molar-refractivity contribution < 1.29 is 4.79 Å². The number of amides is 1. The number of likely N-dealkylation sites (N-methyl/N-ethyl adjacent to an activating group) is 1. The lowest BCUT2D eigenvalue weighted by Gasteiger charge is -2.30. The molecule has 1 aliphatic carbocycles. The molecule has 0 radical (unpaired) electrons. The Hall–Kier alpha value is -1.68. The summed E-state index contributed by atoms with van der Waals surface area (Å²) < 4.78 is 1.02. The number of hydrogen-bond donors (Lipinski definition) is 0. The van der Waals surface area contributed by atoms with Crippen LogP contribution in [0.15, 0.2) is 23.0 Å². The fourth-order valence-corrected chi connectivity index (χ4v) is 5.30. The molecular weight excluding hydrogens is 342 g/mol. The molecule has 0 atom stereocenters. The van der Waals surface area contributed by atoms with Gasteiger partial charge in [-0.05, 0) is 48.3 Å². The molecule has 1 aromatic carbocycles. The minimum atomic E-state index is 0.129. The largest absolute Gasteiger partial charge is 0.345 e. The molecule has 26 heavy (non-hydrogen) atoms. The first-order valence-electron chi connectivity index (χ1n) is 9.48. The van der Waals surface area contributed by atoms with E-state index in [-0.39, 0.29) is 16.8 Å². The molecule has 0 fully saturated rings. The highest BCUT2D eigenvalue weighted by Crippen LogP contribution is 2.37. The first-order chi connectivity index (χ1) is 12.2. The van der Waals surface area contributed by atoms with Gasteiger partial charge in [0.1, 0.15) is 0 Å². The van der Waals surface area contributed by atoms with E-state index < -0.39 is 0 Å². The van der Waals surface area contributed by atoms with Gasteiger partial charge in [-0.25, -0.2) is 0 Å². The third-order valence-corrected chi connectivity index (χ3v) is 6.44. The van der Waals surface area contributed by atoms with Crippen molar-refractivity contribution in [2.75, 3.05) is 13.6 Å². The van der Waals surface area contributed by atoms with Crippen LogP contribution in [0.25, 0.3) is 10.1 Å². The monoisotopic (exact) mass is 371 g/mol. The van der Waals surface area contributed by atoms with Gasteiger partial charge < -0.3 is 4.90 Å². The molecule has 1 aliphatic rings. The Kier molecular flexibility index (Phi) is 5.25. The number of rotatable bonds is 4. The van der Waals surface area contributed by atoms with Gasteiger partial charge in [-0.3, -0.25) is 9.59 Å². The summed E-state index contributed by atoms with van der Waals surface area (Å²) >= 11 is 1.74. The van der Waals surface area contributed by atoms with Gasteiger partial charge in [-0.1, -0.05) is 33.8 Å². The maximum atomic E-state index is 12.9. The molecule has 1 aromatic heterocycles. The van der Waals surface area contributed by atoms with Crippen LogP contribution >= 0.6 is 11.3 Å². The summed E-state index contributed by atoms with van der Waals surface area (Å²) in [6.07, 6.45) is 3.32. The lowest BCUT2D eigenvalue weighted by molar-refractivity contribution is -0.129. The summed E-state index contributed by atoms with van der Waals surface area (Å²) in [5.74, 6) is 0.588. The summed E-state index contributed by atoms with van der Waals surface area (Å²) in [4.78, 5) is 28.3. The summed E-state index contributed by atoms with van der Waals surface area (Å²) in [7, 11) is 1.86. The highest BCUT2D eigenvalue weighted by atomic mass is 32.1.